The summed E-state index contributed by atoms with van der Waals surface area (Å²) in [4.78, 5) is 53.0. The lowest BCUT2D eigenvalue weighted by atomic mass is 9.47. The number of likely N-dealkylation sites (N-methyl/N-ethyl adjacent to an activating group) is 1. The van der Waals surface area contributed by atoms with Gasteiger partial charge in [-0.15, -0.1) is 5.54 Å². The van der Waals surface area contributed by atoms with Gasteiger partial charge in [0, 0.05) is 102 Å². The van der Waals surface area contributed by atoms with E-state index in [0.29, 0.717) is 61.7 Å². The average Bonchev–Trinajstić information content (AvgIpc) is 3.91. The van der Waals surface area contributed by atoms with Crippen LogP contribution >= 0.6 is 0 Å². The van der Waals surface area contributed by atoms with E-state index in [4.69, 9.17) is 18.9 Å². The van der Waals surface area contributed by atoms with Gasteiger partial charge >= 0.3 is 17.9 Å². The summed E-state index contributed by atoms with van der Waals surface area (Å²) < 4.78 is 55.0. The molecule has 2 saturated heterocycles. The Labute approximate surface area is 381 Å². The quantitative estimate of drug-likeness (QED) is 0.0910. The van der Waals surface area contributed by atoms with Crippen LogP contribution < -0.4 is 9.64 Å². The number of carbonyl (C=O) groups is 3. The van der Waals surface area contributed by atoms with E-state index in [1.54, 1.807) is 0 Å². The zero-order valence-electron chi connectivity index (χ0n) is 39.2. The van der Waals surface area contributed by atoms with Crippen molar-refractivity contribution in [1.29, 1.82) is 0 Å². The van der Waals surface area contributed by atoms with Gasteiger partial charge < -0.3 is 33.9 Å². The molecule has 2 N–H and O–H groups in total. The highest BCUT2D eigenvalue weighted by atomic mass is 28.3. The van der Waals surface area contributed by atoms with Crippen LogP contribution in [0.2, 0.25) is 19.6 Å². The Morgan fingerprint density at radius 3 is 2.42 bits per heavy atom. The second-order valence-electron chi connectivity index (χ2n) is 20.7. The van der Waals surface area contributed by atoms with Crippen LogP contribution in [0.4, 0.5) is 14.5 Å². The first-order valence-electron chi connectivity index (χ1n) is 22.9. The molecule has 9 rings (SSSR count). The largest absolute Gasteiger partial charge is 0.496 e. The van der Waals surface area contributed by atoms with E-state index in [2.05, 4.69) is 45.9 Å². The summed E-state index contributed by atoms with van der Waals surface area (Å²) in [5.74, 6) is -2.66. The van der Waals surface area contributed by atoms with Crippen LogP contribution in [0.15, 0.2) is 42.5 Å². The Morgan fingerprint density at radius 2 is 1.77 bits per heavy atom. The summed E-state index contributed by atoms with van der Waals surface area (Å²) in [7, 11) is 4.20. The van der Waals surface area contributed by atoms with Crippen molar-refractivity contribution >= 4 is 42.6 Å². The Morgan fingerprint density at radius 1 is 1.03 bits per heavy atom. The van der Waals surface area contributed by atoms with Crippen LogP contribution in [0.1, 0.15) is 74.4 Å². The zero-order chi connectivity index (χ0) is 46.8. The Kier molecular flexibility index (Phi) is 10.8. The van der Waals surface area contributed by atoms with Crippen LogP contribution in [0.5, 0.6) is 5.75 Å². The van der Waals surface area contributed by atoms with Gasteiger partial charge in [-0.05, 0) is 80.5 Å². The average molecular weight is 913 g/mol. The molecule has 1 saturated carbocycles. The van der Waals surface area contributed by atoms with Gasteiger partial charge in [-0.2, -0.15) is 0 Å². The number of nitrogens with one attached hydrogen (secondary N) is 1. The number of aliphatic hydroxyl groups is 1. The van der Waals surface area contributed by atoms with Gasteiger partial charge in [-0.3, -0.25) is 19.4 Å². The molecule has 65 heavy (non-hydrogen) atoms. The third kappa shape index (κ3) is 6.47. The standard InChI is InChI=1S/C50H62F2N4O8Si/c1-11-47-16-12-18-56-19-17-48(41(47)56)35-23-36(39(61-5)24-38(35)54(4)42(48)50(60,45(59)63-7)43(47)64-29(2)57)49(44(58)62-6)25-31-21-32(46(3,51)52)27-55(26-31)28-34-33-22-30(15-20-65(8,9)10)13-14-37(33)53-40(34)49/h12-14,16,22-24,31-32,41-43,53,60H,11,17-19,21,25-28H2,1-10H3/t31?,32?,41?,42?,43-,47-,48-,49+,50+/m1/s1. The highest BCUT2D eigenvalue weighted by Gasteiger charge is 2.80. The number of esters is 3. The molecule has 0 amide bonds. The fraction of sp³-hybridized carbons (Fsp3) is 0.580. The van der Waals surface area contributed by atoms with Crippen molar-refractivity contribution in [2.75, 3.05) is 59.5 Å². The van der Waals surface area contributed by atoms with Gasteiger partial charge in [0.05, 0.1) is 27.4 Å². The minimum absolute atomic E-state index is 0.129. The topological polar surface area (TPSA) is 134 Å². The molecule has 1 spiro atoms. The van der Waals surface area contributed by atoms with E-state index in [-0.39, 0.29) is 31.3 Å². The molecule has 1 aliphatic carbocycles. The van der Waals surface area contributed by atoms with E-state index >= 15 is 13.6 Å². The molecule has 15 heteroatoms. The van der Waals surface area contributed by atoms with Gasteiger partial charge in [0.1, 0.15) is 19.2 Å². The van der Waals surface area contributed by atoms with E-state index in [1.165, 1.54) is 28.3 Å². The summed E-state index contributed by atoms with van der Waals surface area (Å²) >= 11 is 0. The number of hydrogen-bond acceptors (Lipinski definition) is 11. The van der Waals surface area contributed by atoms with Crippen molar-refractivity contribution in [1.82, 2.24) is 14.8 Å². The highest BCUT2D eigenvalue weighted by Crippen LogP contribution is 2.68. The molecule has 12 nitrogen and oxygen atoms in total. The lowest BCUT2D eigenvalue weighted by molar-refractivity contribution is -0.228. The van der Waals surface area contributed by atoms with Crippen LogP contribution in [-0.4, -0.2) is 130 Å². The van der Waals surface area contributed by atoms with Gasteiger partial charge in [-0.1, -0.05) is 44.6 Å². The van der Waals surface area contributed by atoms with Gasteiger partial charge in [0.15, 0.2) is 6.10 Å². The number of rotatable bonds is 7. The number of methoxy groups -OCH3 is 3. The smallest absolute Gasteiger partial charge is 0.344 e. The van der Waals surface area contributed by atoms with Crippen LogP contribution in [0.3, 0.4) is 0 Å². The maximum Gasteiger partial charge on any atom is 0.344 e. The number of halogens is 2. The van der Waals surface area contributed by atoms with Gasteiger partial charge in [0.2, 0.25) is 11.5 Å². The van der Waals surface area contributed by atoms with Crippen LogP contribution in [0, 0.1) is 28.7 Å². The predicted molar refractivity (Wildman–Crippen MR) is 245 cm³/mol. The van der Waals surface area contributed by atoms with Crippen molar-refractivity contribution in [3.63, 3.8) is 0 Å². The first-order chi connectivity index (χ1) is 30.6. The molecular weight excluding hydrogens is 851 g/mol. The van der Waals surface area contributed by atoms with Crippen LogP contribution in [-0.2, 0) is 46.0 Å². The molecule has 0 radical (unpaired) electrons. The van der Waals surface area contributed by atoms with Crippen molar-refractivity contribution in [3.8, 4) is 17.2 Å². The molecule has 3 fully saturated rings. The first kappa shape index (κ1) is 45.4. The monoisotopic (exact) mass is 912 g/mol. The number of piperidine rings is 1. The predicted octanol–water partition coefficient (Wildman–Crippen LogP) is 6.31. The normalized spacial score (nSPS) is 33.6. The summed E-state index contributed by atoms with van der Waals surface area (Å²) in [6.45, 7) is 13.0. The highest BCUT2D eigenvalue weighted by molar-refractivity contribution is 6.83. The van der Waals surface area contributed by atoms with Crippen molar-refractivity contribution < 1.29 is 47.2 Å². The number of benzene rings is 2. The number of fused-ring (bicyclic) bond motifs is 6. The number of nitrogens with zero attached hydrogens (tertiary/aromatic N) is 3. The number of ether oxygens (including phenoxy) is 4. The fourth-order valence-electron chi connectivity index (χ4n) is 13.6. The molecular formula is C50H62F2N4O8Si. The maximum absolute atomic E-state index is 15.5. The second kappa shape index (κ2) is 15.4. The SMILES string of the molecule is CC[C@]12C=CCN3CC[C@@]4(c5cc([C@@]6(C(=O)OC)CC7CC(C(C)(F)F)CN(Cc8c6[nH]c6ccc(C#C[Si](C)(C)C)cc86)C7)c(OC)cc5N(C)C4[C@@](O)(C(=O)OC)[C@@H]1OC(C)=O)C32. The van der Waals surface area contributed by atoms with E-state index < -0.39 is 71.8 Å². The van der Waals surface area contributed by atoms with Gasteiger partial charge in [0.25, 0.3) is 0 Å². The number of alkyl halides is 2. The molecule has 6 heterocycles. The fourth-order valence-corrected chi connectivity index (χ4v) is 14.1. The lowest BCUT2D eigenvalue weighted by Crippen LogP contribution is -2.81. The Hall–Kier alpha value is -4.75. The Balaban J connectivity index is 1.36. The maximum atomic E-state index is 15.5. The first-order valence-corrected chi connectivity index (χ1v) is 26.4. The van der Waals surface area contributed by atoms with Crippen LogP contribution in [0.25, 0.3) is 10.9 Å². The number of carbonyl (C=O) groups excluding carboxylic acids is 3. The number of H-pyrrole nitrogens is 1. The molecule has 1 aromatic heterocycles. The van der Waals surface area contributed by atoms with Crippen molar-refractivity contribution in [2.24, 2.45) is 17.3 Å². The van der Waals surface area contributed by atoms with Crippen molar-refractivity contribution in [2.45, 2.75) is 113 Å². The zero-order valence-corrected chi connectivity index (χ0v) is 40.2. The summed E-state index contributed by atoms with van der Waals surface area (Å²) in [6.07, 6.45) is 3.96. The number of aromatic nitrogens is 1. The van der Waals surface area contributed by atoms with Gasteiger partial charge in [-0.25, -0.2) is 13.6 Å². The molecule has 5 aliphatic heterocycles. The Bertz CT molecular complexity index is 2580. The number of aromatic amines is 1. The molecule has 6 aliphatic rings. The molecule has 348 valence electrons. The summed E-state index contributed by atoms with van der Waals surface area (Å²) in [6, 6.07) is 8.50. The minimum atomic E-state index is -2.97. The number of hydrogen-bond donors (Lipinski definition) is 2. The van der Waals surface area contributed by atoms with E-state index in [1.807, 2.05) is 61.4 Å². The molecule has 2 aromatic carbocycles. The van der Waals surface area contributed by atoms with E-state index in [0.717, 1.165) is 34.5 Å². The molecule has 5 unspecified atom stereocenters. The minimum Gasteiger partial charge on any atom is -0.496 e. The van der Waals surface area contributed by atoms with Crippen molar-refractivity contribution in [3.05, 3.63) is 70.4 Å². The molecule has 2 bridgehead atoms. The third-order valence-corrected chi connectivity index (χ3v) is 16.8. The number of anilines is 1. The summed E-state index contributed by atoms with van der Waals surface area (Å²) in [5.41, 5.74) is 2.41. The lowest BCUT2D eigenvalue weighted by Gasteiger charge is -2.63. The van der Waals surface area contributed by atoms with E-state index in [9.17, 15) is 14.7 Å². The summed E-state index contributed by atoms with van der Waals surface area (Å²) in [5, 5.41) is 14.2. The molecule has 10 atom stereocenters. The third-order valence-electron chi connectivity index (χ3n) is 15.9. The second-order valence-corrected chi connectivity index (χ2v) is 25.5. The molecule has 3 aromatic rings.